The van der Waals surface area contributed by atoms with Gasteiger partial charge in [-0.1, -0.05) is 30.3 Å². The van der Waals surface area contributed by atoms with Gasteiger partial charge in [0.15, 0.2) is 5.79 Å². The predicted molar refractivity (Wildman–Crippen MR) is 84.9 cm³/mol. The van der Waals surface area contributed by atoms with E-state index in [1.165, 1.54) is 11.1 Å². The molecule has 4 rings (SSSR count). The topological polar surface area (TPSA) is 27.7 Å². The monoisotopic (exact) mass is 300 g/mol. The van der Waals surface area contributed by atoms with Crippen molar-refractivity contribution >= 4 is 0 Å². The minimum Gasteiger partial charge on any atom is -0.373 e. The summed E-state index contributed by atoms with van der Waals surface area (Å²) in [4.78, 5) is 0. The fourth-order valence-corrected chi connectivity index (χ4v) is 4.61. The molecule has 22 heavy (non-hydrogen) atoms. The van der Waals surface area contributed by atoms with Gasteiger partial charge in [-0.25, -0.2) is 0 Å². The Morgan fingerprint density at radius 2 is 1.86 bits per heavy atom. The minimum atomic E-state index is -0.314. The van der Waals surface area contributed by atoms with Gasteiger partial charge in [-0.3, -0.25) is 0 Å². The van der Waals surface area contributed by atoms with Crippen LogP contribution in [-0.4, -0.2) is 31.7 Å². The highest BCUT2D eigenvalue weighted by atomic mass is 16.7. The van der Waals surface area contributed by atoms with Gasteiger partial charge in [0.25, 0.3) is 0 Å². The van der Waals surface area contributed by atoms with Gasteiger partial charge in [-0.05, 0) is 30.4 Å². The van der Waals surface area contributed by atoms with E-state index >= 15 is 0 Å². The van der Waals surface area contributed by atoms with Crippen LogP contribution in [-0.2, 0) is 26.0 Å². The smallest absolute Gasteiger partial charge is 0.168 e. The van der Waals surface area contributed by atoms with Crippen molar-refractivity contribution in [2.45, 2.75) is 49.4 Å². The Hall–Kier alpha value is -1.16. The molecule has 0 N–H and O–H groups in total. The summed E-state index contributed by atoms with van der Waals surface area (Å²) in [6, 6.07) is 8.83. The molecule has 1 aromatic carbocycles. The van der Waals surface area contributed by atoms with E-state index in [4.69, 9.17) is 14.2 Å². The lowest BCUT2D eigenvalue weighted by Crippen LogP contribution is -2.47. The van der Waals surface area contributed by atoms with Crippen LogP contribution in [0.2, 0.25) is 0 Å². The van der Waals surface area contributed by atoms with E-state index in [1.54, 1.807) is 0 Å². The number of ether oxygens (including phenoxy) is 3. The van der Waals surface area contributed by atoms with Crippen LogP contribution in [0, 0.1) is 0 Å². The molecule has 0 bridgehead atoms. The molecule has 1 aliphatic heterocycles. The highest BCUT2D eigenvalue weighted by Gasteiger charge is 2.53. The Balaban J connectivity index is 1.63. The first-order valence-electron chi connectivity index (χ1n) is 8.37. The van der Waals surface area contributed by atoms with Gasteiger partial charge in [-0.2, -0.15) is 0 Å². The van der Waals surface area contributed by atoms with Gasteiger partial charge in [0, 0.05) is 18.3 Å². The Bertz CT molecular complexity index is 550. The summed E-state index contributed by atoms with van der Waals surface area (Å²) in [5.41, 5.74) is 3.05. The van der Waals surface area contributed by atoms with Crippen LogP contribution in [0.15, 0.2) is 36.9 Å². The van der Waals surface area contributed by atoms with Crippen LogP contribution in [0.25, 0.3) is 0 Å². The van der Waals surface area contributed by atoms with Crippen molar-refractivity contribution < 1.29 is 14.2 Å². The zero-order valence-corrected chi connectivity index (χ0v) is 13.1. The molecule has 1 unspecified atom stereocenters. The van der Waals surface area contributed by atoms with E-state index < -0.39 is 0 Å². The summed E-state index contributed by atoms with van der Waals surface area (Å²) in [6.45, 7) is 5.89. The van der Waals surface area contributed by atoms with E-state index in [0.29, 0.717) is 6.61 Å². The van der Waals surface area contributed by atoms with Crippen molar-refractivity contribution in [3.8, 4) is 0 Å². The number of rotatable bonds is 3. The molecular formula is C19H24O3. The molecule has 0 radical (unpaired) electrons. The third-order valence-electron chi connectivity index (χ3n) is 5.71. The third kappa shape index (κ3) is 2.15. The first-order valence-corrected chi connectivity index (χ1v) is 8.37. The van der Waals surface area contributed by atoms with Crippen molar-refractivity contribution in [1.29, 1.82) is 0 Å². The van der Waals surface area contributed by atoms with Crippen LogP contribution in [0.1, 0.15) is 36.8 Å². The largest absolute Gasteiger partial charge is 0.373 e. The second-order valence-corrected chi connectivity index (χ2v) is 6.74. The molecule has 0 amide bonds. The lowest BCUT2D eigenvalue weighted by Gasteiger charge is -2.45. The molecule has 2 aliphatic carbocycles. The molecule has 2 fully saturated rings. The van der Waals surface area contributed by atoms with Crippen LogP contribution >= 0.6 is 0 Å². The molecule has 1 heterocycles. The average molecular weight is 300 g/mol. The average Bonchev–Trinajstić information content (AvgIpc) is 3.12. The molecular weight excluding hydrogens is 276 g/mol. The fraction of sp³-hybridized carbons (Fsp3) is 0.579. The molecule has 3 heteroatoms. The molecule has 3 aliphatic rings. The first kappa shape index (κ1) is 14.4. The summed E-state index contributed by atoms with van der Waals surface area (Å²) in [7, 11) is 0. The minimum absolute atomic E-state index is 0.125. The Labute approximate surface area is 132 Å². The molecule has 1 saturated carbocycles. The van der Waals surface area contributed by atoms with Crippen molar-refractivity contribution in [3.05, 3.63) is 48.0 Å². The number of benzene rings is 1. The maximum atomic E-state index is 6.18. The second-order valence-electron chi connectivity index (χ2n) is 6.74. The van der Waals surface area contributed by atoms with Gasteiger partial charge in [0.2, 0.25) is 0 Å². The van der Waals surface area contributed by atoms with Gasteiger partial charge in [0.05, 0.1) is 25.9 Å². The summed E-state index contributed by atoms with van der Waals surface area (Å²) in [5, 5.41) is 0. The molecule has 118 valence electrons. The maximum Gasteiger partial charge on any atom is 0.168 e. The molecule has 1 aromatic rings. The highest BCUT2D eigenvalue weighted by Crippen LogP contribution is 2.53. The van der Waals surface area contributed by atoms with E-state index in [2.05, 4.69) is 30.8 Å². The van der Waals surface area contributed by atoms with Crippen LogP contribution in [0.5, 0.6) is 0 Å². The number of fused-ring (bicyclic) bond motifs is 2. The maximum absolute atomic E-state index is 6.18. The number of hydrogen-bond acceptors (Lipinski definition) is 3. The van der Waals surface area contributed by atoms with Gasteiger partial charge >= 0.3 is 0 Å². The summed E-state index contributed by atoms with van der Waals surface area (Å²) in [5.74, 6) is -0.314. The standard InChI is InChI=1S/C19H24O3/c1-2-11-20-17-14-15-5-3-4-6-16(15)18(17)7-9-19(10-8-18)21-12-13-22-19/h2-6,17H,1,7-14H2. The lowest BCUT2D eigenvalue weighted by atomic mass is 9.67. The van der Waals surface area contributed by atoms with E-state index in [-0.39, 0.29) is 17.3 Å². The Morgan fingerprint density at radius 1 is 1.14 bits per heavy atom. The van der Waals surface area contributed by atoms with Crippen LogP contribution in [0.4, 0.5) is 0 Å². The van der Waals surface area contributed by atoms with Crippen molar-refractivity contribution in [3.63, 3.8) is 0 Å². The summed E-state index contributed by atoms with van der Waals surface area (Å²) in [6.07, 6.45) is 7.20. The Kier molecular flexibility index (Phi) is 3.60. The van der Waals surface area contributed by atoms with Crippen molar-refractivity contribution in [2.24, 2.45) is 0 Å². The summed E-state index contributed by atoms with van der Waals surface area (Å²) < 4.78 is 18.0. The molecule has 1 atom stereocenters. The predicted octanol–water partition coefficient (Wildman–Crippen LogP) is 3.37. The normalized spacial score (nSPS) is 28.1. The highest BCUT2D eigenvalue weighted by molar-refractivity contribution is 5.42. The Morgan fingerprint density at radius 3 is 2.59 bits per heavy atom. The quantitative estimate of drug-likeness (QED) is 0.801. The van der Waals surface area contributed by atoms with Crippen LogP contribution in [0.3, 0.4) is 0 Å². The van der Waals surface area contributed by atoms with E-state index in [0.717, 1.165) is 45.3 Å². The molecule has 3 nitrogen and oxygen atoms in total. The van der Waals surface area contributed by atoms with Crippen molar-refractivity contribution in [2.75, 3.05) is 19.8 Å². The number of hydrogen-bond donors (Lipinski definition) is 0. The van der Waals surface area contributed by atoms with Gasteiger partial charge < -0.3 is 14.2 Å². The van der Waals surface area contributed by atoms with E-state index in [9.17, 15) is 0 Å². The zero-order valence-electron chi connectivity index (χ0n) is 13.1. The summed E-state index contributed by atoms with van der Waals surface area (Å²) >= 11 is 0. The molecule has 1 saturated heterocycles. The molecule has 0 aromatic heterocycles. The molecule has 2 spiro atoms. The lowest BCUT2D eigenvalue weighted by molar-refractivity contribution is -0.191. The van der Waals surface area contributed by atoms with Gasteiger partial charge in [-0.15, -0.1) is 6.58 Å². The first-order chi connectivity index (χ1) is 10.8. The fourth-order valence-electron chi connectivity index (χ4n) is 4.61. The van der Waals surface area contributed by atoms with E-state index in [1.807, 2.05) is 6.08 Å². The van der Waals surface area contributed by atoms with Crippen molar-refractivity contribution in [1.82, 2.24) is 0 Å². The third-order valence-corrected chi connectivity index (χ3v) is 5.71. The van der Waals surface area contributed by atoms with Gasteiger partial charge in [0.1, 0.15) is 0 Å². The SMILES string of the molecule is C=CCOC1Cc2ccccc2C12CCC1(CC2)OCCO1. The zero-order chi connectivity index (χ0) is 15.0. The second kappa shape index (κ2) is 5.48. The van der Waals surface area contributed by atoms with Crippen LogP contribution < -0.4 is 0 Å².